The number of hydrogen-bond donors (Lipinski definition) is 2. The summed E-state index contributed by atoms with van der Waals surface area (Å²) in [7, 11) is 3.58. The van der Waals surface area contributed by atoms with Gasteiger partial charge < -0.3 is 15.5 Å². The summed E-state index contributed by atoms with van der Waals surface area (Å²) in [6.07, 6.45) is 0.815. The van der Waals surface area contributed by atoms with E-state index >= 15 is 0 Å². The minimum absolute atomic E-state index is 0.0200. The molecule has 1 rings (SSSR count). The molecule has 7 nitrogen and oxygen atoms in total. The smallest absolute Gasteiger partial charge is 0.325 e. The number of urea groups is 1. The molecular weight excluding hydrogens is 260 g/mol. The highest BCUT2D eigenvalue weighted by molar-refractivity contribution is 6.06. The van der Waals surface area contributed by atoms with Crippen LogP contribution in [-0.4, -0.2) is 66.9 Å². The SMILES string of the molecule is CNCCN(C)C(=O)CCCN1C(=O)NC(C)(C)C1=O. The van der Waals surface area contributed by atoms with Gasteiger partial charge in [0.2, 0.25) is 5.91 Å². The molecule has 1 aliphatic heterocycles. The van der Waals surface area contributed by atoms with Crippen molar-refractivity contribution in [2.75, 3.05) is 33.7 Å². The Bertz CT molecular complexity index is 395. The van der Waals surface area contributed by atoms with Gasteiger partial charge >= 0.3 is 6.03 Å². The molecule has 0 radical (unpaired) electrons. The van der Waals surface area contributed by atoms with Crippen molar-refractivity contribution in [1.29, 1.82) is 0 Å². The molecule has 0 atom stereocenters. The average molecular weight is 284 g/mol. The molecule has 4 amide bonds. The second-order valence-electron chi connectivity index (χ2n) is 5.53. The molecule has 0 unspecified atom stereocenters. The van der Waals surface area contributed by atoms with Crippen molar-refractivity contribution in [3.05, 3.63) is 0 Å². The van der Waals surface area contributed by atoms with Gasteiger partial charge in [-0.1, -0.05) is 0 Å². The number of nitrogens with zero attached hydrogens (tertiary/aromatic N) is 2. The Morgan fingerprint density at radius 2 is 2.05 bits per heavy atom. The lowest BCUT2D eigenvalue weighted by molar-refractivity contribution is -0.132. The van der Waals surface area contributed by atoms with Crippen LogP contribution < -0.4 is 10.6 Å². The topological polar surface area (TPSA) is 81.8 Å². The highest BCUT2D eigenvalue weighted by Crippen LogP contribution is 2.17. The van der Waals surface area contributed by atoms with Crippen LogP contribution in [0, 0.1) is 0 Å². The van der Waals surface area contributed by atoms with Gasteiger partial charge in [0.25, 0.3) is 5.91 Å². The first kappa shape index (κ1) is 16.4. The van der Waals surface area contributed by atoms with E-state index in [-0.39, 0.29) is 24.4 Å². The molecule has 114 valence electrons. The predicted molar refractivity (Wildman–Crippen MR) is 75.1 cm³/mol. The fraction of sp³-hybridized carbons (Fsp3) is 0.769. The zero-order valence-corrected chi connectivity index (χ0v) is 12.7. The van der Waals surface area contributed by atoms with Crippen LogP contribution in [-0.2, 0) is 9.59 Å². The molecule has 0 saturated carbocycles. The molecule has 0 spiro atoms. The summed E-state index contributed by atoms with van der Waals surface area (Å²) in [5.74, 6) is -0.218. The van der Waals surface area contributed by atoms with E-state index in [0.717, 1.165) is 6.54 Å². The summed E-state index contributed by atoms with van der Waals surface area (Å²) in [6.45, 7) is 5.00. The van der Waals surface area contributed by atoms with Crippen LogP contribution in [0.15, 0.2) is 0 Å². The van der Waals surface area contributed by atoms with E-state index in [1.807, 2.05) is 7.05 Å². The minimum Gasteiger partial charge on any atom is -0.344 e. The van der Waals surface area contributed by atoms with Crippen LogP contribution in [0.3, 0.4) is 0 Å². The number of likely N-dealkylation sites (N-methyl/N-ethyl adjacent to an activating group) is 2. The molecule has 1 fully saturated rings. The third-order valence-electron chi connectivity index (χ3n) is 3.34. The normalized spacial score (nSPS) is 17.3. The van der Waals surface area contributed by atoms with Gasteiger partial charge in [-0.15, -0.1) is 0 Å². The van der Waals surface area contributed by atoms with E-state index in [2.05, 4.69) is 10.6 Å². The quantitative estimate of drug-likeness (QED) is 0.633. The van der Waals surface area contributed by atoms with Gasteiger partial charge in [-0.3, -0.25) is 14.5 Å². The Labute approximate surface area is 119 Å². The zero-order valence-electron chi connectivity index (χ0n) is 12.7. The van der Waals surface area contributed by atoms with Gasteiger partial charge in [-0.25, -0.2) is 4.79 Å². The molecule has 1 heterocycles. The fourth-order valence-electron chi connectivity index (χ4n) is 2.00. The maximum atomic E-state index is 11.9. The number of rotatable bonds is 7. The summed E-state index contributed by atoms with van der Waals surface area (Å²) in [5, 5.41) is 5.59. The van der Waals surface area contributed by atoms with E-state index < -0.39 is 5.54 Å². The van der Waals surface area contributed by atoms with Crippen molar-refractivity contribution in [2.45, 2.75) is 32.2 Å². The molecule has 0 aromatic heterocycles. The minimum atomic E-state index is -0.843. The Kier molecular flexibility index (Phi) is 5.50. The third-order valence-corrected chi connectivity index (χ3v) is 3.34. The Balaban J connectivity index is 2.36. The first-order valence-electron chi connectivity index (χ1n) is 6.82. The van der Waals surface area contributed by atoms with Crippen LogP contribution in [0.25, 0.3) is 0 Å². The van der Waals surface area contributed by atoms with Gasteiger partial charge in [-0.2, -0.15) is 0 Å². The fourth-order valence-corrected chi connectivity index (χ4v) is 2.00. The molecule has 0 bridgehead atoms. The molecule has 0 aromatic rings. The van der Waals surface area contributed by atoms with E-state index in [1.165, 1.54) is 4.90 Å². The zero-order chi connectivity index (χ0) is 15.3. The Hall–Kier alpha value is -1.63. The van der Waals surface area contributed by atoms with Gasteiger partial charge in [0, 0.05) is 33.1 Å². The van der Waals surface area contributed by atoms with E-state index in [0.29, 0.717) is 19.4 Å². The van der Waals surface area contributed by atoms with E-state index in [9.17, 15) is 14.4 Å². The molecule has 2 N–H and O–H groups in total. The Morgan fingerprint density at radius 3 is 2.55 bits per heavy atom. The summed E-state index contributed by atoms with van der Waals surface area (Å²) in [4.78, 5) is 38.2. The van der Waals surface area contributed by atoms with Crippen LogP contribution in [0.4, 0.5) is 4.79 Å². The van der Waals surface area contributed by atoms with Gasteiger partial charge in [0.15, 0.2) is 0 Å². The molecule has 1 saturated heterocycles. The van der Waals surface area contributed by atoms with Gasteiger partial charge in [-0.05, 0) is 27.3 Å². The maximum Gasteiger partial charge on any atom is 0.325 e. The van der Waals surface area contributed by atoms with Crippen molar-refractivity contribution < 1.29 is 14.4 Å². The van der Waals surface area contributed by atoms with Crippen molar-refractivity contribution in [2.24, 2.45) is 0 Å². The summed E-state index contributed by atoms with van der Waals surface area (Å²) in [5.41, 5.74) is -0.843. The van der Waals surface area contributed by atoms with Crippen LogP contribution in [0.2, 0.25) is 0 Å². The second-order valence-corrected chi connectivity index (χ2v) is 5.53. The van der Waals surface area contributed by atoms with E-state index in [4.69, 9.17) is 0 Å². The van der Waals surface area contributed by atoms with E-state index in [1.54, 1.807) is 25.8 Å². The highest BCUT2D eigenvalue weighted by atomic mass is 16.2. The van der Waals surface area contributed by atoms with Crippen molar-refractivity contribution in [3.63, 3.8) is 0 Å². The molecule has 1 aliphatic rings. The van der Waals surface area contributed by atoms with Gasteiger partial charge in [0.1, 0.15) is 5.54 Å². The molecule has 7 heteroatoms. The standard InChI is InChI=1S/C13H24N4O3/c1-13(2)11(19)17(12(20)15-13)8-5-6-10(18)16(4)9-7-14-3/h14H,5-9H2,1-4H3,(H,15,20). The van der Waals surface area contributed by atoms with Crippen molar-refractivity contribution in [3.8, 4) is 0 Å². The molecule has 20 heavy (non-hydrogen) atoms. The monoisotopic (exact) mass is 284 g/mol. The lowest BCUT2D eigenvalue weighted by atomic mass is 10.1. The number of hydrogen-bond acceptors (Lipinski definition) is 4. The largest absolute Gasteiger partial charge is 0.344 e. The Morgan fingerprint density at radius 1 is 1.40 bits per heavy atom. The van der Waals surface area contributed by atoms with Crippen LogP contribution in [0.5, 0.6) is 0 Å². The second kappa shape index (κ2) is 6.69. The van der Waals surface area contributed by atoms with Crippen LogP contribution >= 0.6 is 0 Å². The number of imide groups is 1. The molecular formula is C13H24N4O3. The molecule has 0 aliphatic carbocycles. The number of nitrogens with one attached hydrogen (secondary N) is 2. The summed E-state index contributed by atoms with van der Waals surface area (Å²) >= 11 is 0. The number of amides is 4. The van der Waals surface area contributed by atoms with Crippen molar-refractivity contribution >= 4 is 17.8 Å². The van der Waals surface area contributed by atoms with Gasteiger partial charge in [0.05, 0.1) is 0 Å². The van der Waals surface area contributed by atoms with Crippen molar-refractivity contribution in [1.82, 2.24) is 20.4 Å². The third kappa shape index (κ3) is 3.93. The average Bonchev–Trinajstić information content (AvgIpc) is 2.57. The first-order chi connectivity index (χ1) is 9.29. The van der Waals surface area contributed by atoms with Crippen LogP contribution in [0.1, 0.15) is 26.7 Å². The predicted octanol–water partition coefficient (Wildman–Crippen LogP) is -0.225. The lowest BCUT2D eigenvalue weighted by Gasteiger charge is -2.18. The lowest BCUT2D eigenvalue weighted by Crippen LogP contribution is -2.40. The first-order valence-corrected chi connectivity index (χ1v) is 6.82. The number of carbonyl (C=O) groups is 3. The molecule has 0 aromatic carbocycles. The maximum absolute atomic E-state index is 11.9. The number of carbonyl (C=O) groups excluding carboxylic acids is 3. The summed E-state index contributed by atoms with van der Waals surface area (Å²) in [6, 6.07) is -0.379. The highest BCUT2D eigenvalue weighted by Gasteiger charge is 2.43. The summed E-state index contributed by atoms with van der Waals surface area (Å²) < 4.78 is 0.